The number of carbonyl (C=O) groups is 10. The monoisotopic (exact) mass is 1180 g/mol. The zero-order valence-electron chi connectivity index (χ0n) is 47.5. The Balaban J connectivity index is 1.71. The number of primary amides is 1. The average Bonchev–Trinajstić information content (AvgIpc) is 4.28. The Labute approximate surface area is 480 Å². The molecule has 3 aliphatic rings. The highest BCUT2D eigenvalue weighted by molar-refractivity contribution is 5.98. The van der Waals surface area contributed by atoms with Crippen molar-refractivity contribution in [3.63, 3.8) is 0 Å². The molecule has 2 unspecified atom stereocenters. The molecule has 3 aliphatic heterocycles. The number of nitrogens with one attached hydrogen (secondary N) is 5. The molecule has 466 valence electrons. The van der Waals surface area contributed by atoms with E-state index in [2.05, 4.69) is 42.0 Å². The molecular formula is C54H85N9O20. The number of nitrogens with zero attached hydrogens (tertiary/aromatic N) is 3. The number of rotatable bonds is 23. The number of carboxylic acid groups (broad SMARTS) is 1. The van der Waals surface area contributed by atoms with Crippen LogP contribution in [0.5, 0.6) is 5.75 Å². The quantitative estimate of drug-likeness (QED) is 0.0472. The van der Waals surface area contributed by atoms with Gasteiger partial charge in [0.1, 0.15) is 66.9 Å². The van der Waals surface area contributed by atoms with E-state index in [9.17, 15) is 88.8 Å². The second-order valence-electron chi connectivity index (χ2n) is 22.2. The summed E-state index contributed by atoms with van der Waals surface area (Å²) in [6.45, 7) is 5.90. The minimum Gasteiger partial charge on any atom is -0.480 e. The molecule has 16 N–H and O–H groups in total. The molecule has 29 nitrogen and oxygen atoms in total. The molecule has 1 aromatic carbocycles. The molecule has 4 rings (SSSR count). The molecule has 3 saturated heterocycles. The third-order valence-electron chi connectivity index (χ3n) is 15.2. The summed E-state index contributed by atoms with van der Waals surface area (Å²) in [5.74, 6) is -10.2. The van der Waals surface area contributed by atoms with Gasteiger partial charge in [-0.15, -0.1) is 0 Å². The van der Waals surface area contributed by atoms with Crippen LogP contribution < -0.4 is 37.1 Å². The van der Waals surface area contributed by atoms with E-state index in [1.54, 1.807) is 0 Å². The highest BCUT2D eigenvalue weighted by Gasteiger charge is 2.49. The minimum absolute atomic E-state index is 0.103. The number of fused-ring (bicyclic) bond motifs is 2. The fourth-order valence-corrected chi connectivity index (χ4v) is 10.3. The van der Waals surface area contributed by atoms with Crippen LogP contribution in [0, 0.1) is 11.8 Å². The molecule has 0 aliphatic carbocycles. The van der Waals surface area contributed by atoms with Gasteiger partial charge >= 0.3 is 12.1 Å². The summed E-state index contributed by atoms with van der Waals surface area (Å²) in [4.78, 5) is 137. The van der Waals surface area contributed by atoms with Crippen molar-refractivity contribution in [3.8, 4) is 5.75 Å². The predicted molar refractivity (Wildman–Crippen MR) is 290 cm³/mol. The summed E-state index contributed by atoms with van der Waals surface area (Å²) in [5.41, 5.74) is 5.12. The maximum Gasteiger partial charge on any atom is 0.415 e. The van der Waals surface area contributed by atoms with E-state index in [0.29, 0.717) is 29.6 Å². The lowest BCUT2D eigenvalue weighted by Gasteiger charge is -2.34. The Hall–Kier alpha value is -6.60. The SMILES string of the molecule is CCC(C)CC(C)CCCCCCCCC(=O)N[C@H]1C[C@@H](O)[C@@H](O)NC(=O)[C@@H]2[C@@H](O)CCN2C(=O)[C@H]([C@H](O)CC(N)=O)NC(=O)[C@H]([C@H](O)[C@@H](O)c2ccc(OC(=O)N(C)CC(=O)O)cc2)NC(=O)[C@@H]2C[C@@H](O)CN2C(=O)[C@H]([C@@H](C)O)NC1=O. The van der Waals surface area contributed by atoms with E-state index < -0.39 is 183 Å². The number of aliphatic hydroxyl groups excluding tert-OH is 8. The first-order valence-electron chi connectivity index (χ1n) is 28.1. The van der Waals surface area contributed by atoms with Gasteiger partial charge in [-0.2, -0.15) is 0 Å². The molecule has 0 bridgehead atoms. The Morgan fingerprint density at radius 2 is 1.35 bits per heavy atom. The van der Waals surface area contributed by atoms with E-state index in [1.165, 1.54) is 6.42 Å². The summed E-state index contributed by atoms with van der Waals surface area (Å²) in [6, 6.07) is -7.90. The van der Waals surface area contributed by atoms with Gasteiger partial charge in [-0.1, -0.05) is 77.8 Å². The topological polar surface area (TPSA) is 458 Å². The molecule has 1 aromatic rings. The van der Waals surface area contributed by atoms with Crippen molar-refractivity contribution >= 4 is 59.3 Å². The molecule has 0 radical (unpaired) electrons. The lowest BCUT2D eigenvalue weighted by Crippen LogP contribution is -2.64. The van der Waals surface area contributed by atoms with Crippen LogP contribution in [0.15, 0.2) is 24.3 Å². The van der Waals surface area contributed by atoms with Crippen LogP contribution in [0.2, 0.25) is 0 Å². The standard InChI is InChI=1S/C54H85N9O20/c1-6-27(2)21-28(3)13-11-9-7-8-10-12-14-39(70)56-33-23-37(68)49(77)60-51(79)44-35(66)19-20-62(44)53(81)42(36(67)24-38(55)69)58-50(78)43(46(74)45(73)30-15-17-32(18-16-30)83-54(82)61(5)26-40(71)72)59-48(76)34-22-31(65)25-63(34)52(80)41(29(4)64)57-47(33)75/h15-18,27-29,31,33-37,41-46,49,64-68,73-74,77H,6-14,19-26H2,1-5H3,(H2,55,69)(H,56,70)(H,57,75)(H,58,78)(H,59,76)(H,60,79)(H,71,72)/t27?,28?,29-,31-,33+,34+,35+,36-,37-,41+,42+,43+,44+,45+,46+,49-/m1/s1. The fraction of sp³-hybridized carbons (Fsp3) is 0.704. The van der Waals surface area contributed by atoms with Gasteiger partial charge in [0.15, 0.2) is 6.23 Å². The van der Waals surface area contributed by atoms with Crippen molar-refractivity contribution in [2.45, 2.75) is 203 Å². The second kappa shape index (κ2) is 32.5. The van der Waals surface area contributed by atoms with Crippen LogP contribution in [0.4, 0.5) is 4.79 Å². The van der Waals surface area contributed by atoms with Crippen molar-refractivity contribution in [3.05, 3.63) is 29.8 Å². The Bertz CT molecular complexity index is 2400. The van der Waals surface area contributed by atoms with Crippen LogP contribution >= 0.6 is 0 Å². The number of ether oxygens (including phenoxy) is 1. The second-order valence-corrected chi connectivity index (χ2v) is 22.2. The summed E-state index contributed by atoms with van der Waals surface area (Å²) < 4.78 is 5.13. The number of carbonyl (C=O) groups excluding carboxylic acids is 9. The maximum absolute atomic E-state index is 14.6. The Morgan fingerprint density at radius 3 is 1.96 bits per heavy atom. The highest BCUT2D eigenvalue weighted by atomic mass is 16.6. The molecule has 0 aromatic heterocycles. The summed E-state index contributed by atoms with van der Waals surface area (Å²) in [6.07, 6.45) is -12.1. The fourth-order valence-electron chi connectivity index (χ4n) is 10.3. The average molecular weight is 1180 g/mol. The summed E-state index contributed by atoms with van der Waals surface area (Å²) >= 11 is 0. The zero-order valence-corrected chi connectivity index (χ0v) is 47.5. The number of benzene rings is 1. The van der Waals surface area contributed by atoms with Crippen molar-refractivity contribution in [2.24, 2.45) is 17.6 Å². The molecule has 29 heteroatoms. The molecular weight excluding hydrogens is 1090 g/mol. The number of carboxylic acids is 1. The maximum atomic E-state index is 14.6. The van der Waals surface area contributed by atoms with Gasteiger partial charge in [-0.3, -0.25) is 48.1 Å². The lowest BCUT2D eigenvalue weighted by molar-refractivity contribution is -0.149. The van der Waals surface area contributed by atoms with Gasteiger partial charge < -0.3 is 92.8 Å². The van der Waals surface area contributed by atoms with Gasteiger partial charge in [0.05, 0.1) is 30.8 Å². The van der Waals surface area contributed by atoms with Gasteiger partial charge in [-0.25, -0.2) is 4.79 Å². The number of amides is 9. The van der Waals surface area contributed by atoms with Crippen molar-refractivity contribution in [1.82, 2.24) is 41.3 Å². The smallest absolute Gasteiger partial charge is 0.415 e. The van der Waals surface area contributed by atoms with Crippen LogP contribution in [-0.4, -0.2) is 226 Å². The number of unbranched alkanes of at least 4 members (excludes halogenated alkanes) is 5. The van der Waals surface area contributed by atoms with Crippen LogP contribution in [-0.2, 0) is 43.2 Å². The molecule has 0 spiro atoms. The molecule has 3 fully saturated rings. The van der Waals surface area contributed by atoms with Gasteiger partial charge in [-0.05, 0) is 55.7 Å². The van der Waals surface area contributed by atoms with E-state index in [1.807, 2.05) is 5.32 Å². The van der Waals surface area contributed by atoms with Gasteiger partial charge in [0, 0.05) is 39.4 Å². The number of hydrogen-bond acceptors (Lipinski definition) is 19. The molecule has 83 heavy (non-hydrogen) atoms. The van der Waals surface area contributed by atoms with E-state index in [0.717, 1.165) is 86.6 Å². The zero-order chi connectivity index (χ0) is 62.0. The lowest BCUT2D eigenvalue weighted by atomic mass is 9.91. The molecule has 3 heterocycles. The summed E-state index contributed by atoms with van der Waals surface area (Å²) in [7, 11) is 1.14. The molecule has 16 atom stereocenters. The number of nitrogens with two attached hydrogens (primary N) is 1. The van der Waals surface area contributed by atoms with Crippen LogP contribution in [0.1, 0.15) is 129 Å². The van der Waals surface area contributed by atoms with Crippen molar-refractivity contribution in [1.29, 1.82) is 0 Å². The van der Waals surface area contributed by atoms with E-state index in [4.69, 9.17) is 15.6 Å². The van der Waals surface area contributed by atoms with Gasteiger partial charge in [0.25, 0.3) is 0 Å². The molecule has 0 saturated carbocycles. The number of likely N-dealkylation sites (N-methyl/N-ethyl adjacent to an activating group) is 1. The first-order valence-corrected chi connectivity index (χ1v) is 28.1. The molecule has 9 amide bonds. The minimum atomic E-state index is -2.48. The third-order valence-corrected chi connectivity index (χ3v) is 15.2. The van der Waals surface area contributed by atoms with Crippen molar-refractivity contribution < 1.29 is 98.6 Å². The van der Waals surface area contributed by atoms with Gasteiger partial charge in [0.2, 0.25) is 47.3 Å². The third kappa shape index (κ3) is 20.3. The number of aliphatic carboxylic acids is 1. The summed E-state index contributed by atoms with van der Waals surface area (Å²) in [5, 5.41) is 110. The van der Waals surface area contributed by atoms with Crippen LogP contribution in [0.25, 0.3) is 0 Å². The van der Waals surface area contributed by atoms with Crippen LogP contribution in [0.3, 0.4) is 0 Å². The number of aliphatic hydroxyl groups is 8. The first-order chi connectivity index (χ1) is 39.0. The number of hydrogen-bond donors (Lipinski definition) is 15. The highest BCUT2D eigenvalue weighted by Crippen LogP contribution is 2.27. The Kier molecular flexibility index (Phi) is 26.9. The largest absolute Gasteiger partial charge is 0.480 e. The van der Waals surface area contributed by atoms with Crippen molar-refractivity contribution in [2.75, 3.05) is 26.7 Å². The predicted octanol–water partition coefficient (Wildman–Crippen LogP) is -3.53. The first kappa shape index (κ1) is 68.9. The Morgan fingerprint density at radius 1 is 0.747 bits per heavy atom. The van der Waals surface area contributed by atoms with E-state index in [-0.39, 0.29) is 24.2 Å². The van der Waals surface area contributed by atoms with E-state index >= 15 is 0 Å². The normalized spacial score (nSPS) is 27.2.